The normalized spacial score (nSPS) is 9.88. The van der Waals surface area contributed by atoms with Crippen LogP contribution in [-0.4, -0.2) is 10.1 Å². The zero-order chi connectivity index (χ0) is 10.7. The molecule has 1 heterocycles. The molecule has 0 radical (unpaired) electrons. The molecule has 0 bridgehead atoms. The number of halogens is 1. The molecule has 0 spiro atoms. The predicted octanol–water partition coefficient (Wildman–Crippen LogP) is 2.18. The maximum absolute atomic E-state index is 5.39. The Labute approximate surface area is 100 Å². The van der Waals surface area contributed by atoms with E-state index in [4.69, 9.17) is 10.3 Å². The first-order chi connectivity index (χ1) is 7.33. The summed E-state index contributed by atoms with van der Waals surface area (Å²) in [4.78, 5) is 4.15. The van der Waals surface area contributed by atoms with Crippen molar-refractivity contribution in [2.45, 2.75) is 19.9 Å². The van der Waals surface area contributed by atoms with Crippen molar-refractivity contribution in [3.63, 3.8) is 0 Å². The van der Waals surface area contributed by atoms with Crippen LogP contribution in [0.3, 0.4) is 0 Å². The van der Waals surface area contributed by atoms with Gasteiger partial charge in [0.15, 0.2) is 0 Å². The molecule has 1 aromatic heterocycles. The van der Waals surface area contributed by atoms with E-state index in [9.17, 15) is 0 Å². The fourth-order valence-electron chi connectivity index (χ4n) is 1.34. The van der Waals surface area contributed by atoms with Crippen LogP contribution in [0.4, 0.5) is 0 Å². The highest BCUT2D eigenvalue weighted by atomic mass is 35.5. The van der Waals surface area contributed by atoms with E-state index in [0.717, 1.165) is 12.0 Å². The second-order valence-electron chi connectivity index (χ2n) is 3.27. The Balaban J connectivity index is 0.00000128. The van der Waals surface area contributed by atoms with Crippen molar-refractivity contribution < 1.29 is 4.52 Å². The Morgan fingerprint density at radius 1 is 1.25 bits per heavy atom. The number of nitrogens with zero attached hydrogens (tertiary/aromatic N) is 2. The molecular formula is C11H14ClN3O. The summed E-state index contributed by atoms with van der Waals surface area (Å²) in [6.45, 7) is 2.40. The summed E-state index contributed by atoms with van der Waals surface area (Å²) >= 11 is 0. The average Bonchev–Trinajstić information content (AvgIpc) is 2.78. The van der Waals surface area contributed by atoms with E-state index < -0.39 is 0 Å². The summed E-state index contributed by atoms with van der Waals surface area (Å²) in [5.41, 5.74) is 7.64. The average molecular weight is 240 g/mol. The highest BCUT2D eigenvalue weighted by molar-refractivity contribution is 5.85. The van der Waals surface area contributed by atoms with Gasteiger partial charge in [-0.05, 0) is 12.0 Å². The molecule has 0 aliphatic heterocycles. The van der Waals surface area contributed by atoms with Crippen molar-refractivity contribution in [2.75, 3.05) is 0 Å². The highest BCUT2D eigenvalue weighted by Gasteiger charge is 2.06. The lowest BCUT2D eigenvalue weighted by atomic mass is 10.1. The molecular weight excluding hydrogens is 226 g/mol. The van der Waals surface area contributed by atoms with Crippen molar-refractivity contribution in [3.05, 3.63) is 35.7 Å². The molecule has 0 aliphatic carbocycles. The number of hydrogen-bond donors (Lipinski definition) is 1. The van der Waals surface area contributed by atoms with Gasteiger partial charge in [0.05, 0.1) is 6.54 Å². The monoisotopic (exact) mass is 239 g/mol. The van der Waals surface area contributed by atoms with Crippen molar-refractivity contribution in [2.24, 2.45) is 5.73 Å². The predicted molar refractivity (Wildman–Crippen MR) is 64.3 cm³/mol. The van der Waals surface area contributed by atoms with Crippen LogP contribution in [0, 0.1) is 0 Å². The maximum Gasteiger partial charge on any atom is 0.240 e. The fourth-order valence-corrected chi connectivity index (χ4v) is 1.34. The first kappa shape index (κ1) is 12.7. The first-order valence-electron chi connectivity index (χ1n) is 4.95. The standard InChI is InChI=1S/C11H13N3O.ClH/c1-2-8-3-5-9(6-4-8)11-13-10(7-12)15-14-11;/h3-6H,2,7,12H2,1H3;1H. The van der Waals surface area contributed by atoms with E-state index in [1.54, 1.807) is 0 Å². The smallest absolute Gasteiger partial charge is 0.240 e. The Hall–Kier alpha value is -1.39. The lowest BCUT2D eigenvalue weighted by Gasteiger charge is -1.97. The highest BCUT2D eigenvalue weighted by Crippen LogP contribution is 2.16. The molecule has 0 aliphatic rings. The van der Waals surface area contributed by atoms with Crippen LogP contribution < -0.4 is 5.73 Å². The second kappa shape index (κ2) is 5.63. The number of aromatic nitrogens is 2. The Bertz CT molecular complexity index is 439. The Morgan fingerprint density at radius 2 is 1.94 bits per heavy atom. The second-order valence-corrected chi connectivity index (χ2v) is 3.27. The first-order valence-corrected chi connectivity index (χ1v) is 4.95. The molecule has 0 fully saturated rings. The third-order valence-corrected chi connectivity index (χ3v) is 2.26. The van der Waals surface area contributed by atoms with Gasteiger partial charge in [0, 0.05) is 5.56 Å². The number of benzene rings is 1. The molecule has 5 heteroatoms. The van der Waals surface area contributed by atoms with E-state index in [0.29, 0.717) is 11.7 Å². The Kier molecular flexibility index (Phi) is 4.46. The van der Waals surface area contributed by atoms with E-state index in [1.807, 2.05) is 12.1 Å². The van der Waals surface area contributed by atoms with Gasteiger partial charge in [0.25, 0.3) is 0 Å². The number of aryl methyl sites for hydroxylation is 1. The molecule has 0 saturated heterocycles. The van der Waals surface area contributed by atoms with Crippen LogP contribution in [0.15, 0.2) is 28.8 Å². The number of hydrogen-bond acceptors (Lipinski definition) is 4. The minimum Gasteiger partial charge on any atom is -0.338 e. The summed E-state index contributed by atoms with van der Waals surface area (Å²) in [6.07, 6.45) is 1.03. The third-order valence-electron chi connectivity index (χ3n) is 2.26. The van der Waals surface area contributed by atoms with Gasteiger partial charge in [-0.25, -0.2) is 0 Å². The molecule has 0 saturated carbocycles. The fraction of sp³-hybridized carbons (Fsp3) is 0.273. The number of rotatable bonds is 3. The van der Waals surface area contributed by atoms with Gasteiger partial charge in [-0.3, -0.25) is 0 Å². The zero-order valence-electron chi connectivity index (χ0n) is 9.01. The summed E-state index contributed by atoms with van der Waals surface area (Å²) < 4.78 is 4.94. The summed E-state index contributed by atoms with van der Waals surface area (Å²) in [5, 5.41) is 3.85. The quantitative estimate of drug-likeness (QED) is 0.892. The molecule has 2 aromatic rings. The molecule has 0 atom stereocenters. The SMILES string of the molecule is CCc1ccc(-c2noc(CN)n2)cc1.Cl. The summed E-state index contributed by atoms with van der Waals surface area (Å²) in [5.74, 6) is 1.06. The lowest BCUT2D eigenvalue weighted by molar-refractivity contribution is 0.380. The molecule has 16 heavy (non-hydrogen) atoms. The number of nitrogens with two attached hydrogens (primary N) is 1. The minimum atomic E-state index is 0. The van der Waals surface area contributed by atoms with Crippen LogP contribution in [0.2, 0.25) is 0 Å². The van der Waals surface area contributed by atoms with Crippen LogP contribution in [0.5, 0.6) is 0 Å². The van der Waals surface area contributed by atoms with E-state index in [2.05, 4.69) is 29.2 Å². The lowest BCUT2D eigenvalue weighted by Crippen LogP contribution is -1.95. The Morgan fingerprint density at radius 3 is 2.44 bits per heavy atom. The van der Waals surface area contributed by atoms with Gasteiger partial charge in [0.2, 0.25) is 11.7 Å². The summed E-state index contributed by atoms with van der Waals surface area (Å²) in [7, 11) is 0. The molecule has 1 aromatic carbocycles. The minimum absolute atomic E-state index is 0. The van der Waals surface area contributed by atoms with Crippen LogP contribution >= 0.6 is 12.4 Å². The van der Waals surface area contributed by atoms with Gasteiger partial charge < -0.3 is 10.3 Å². The molecule has 0 amide bonds. The van der Waals surface area contributed by atoms with Crippen LogP contribution in [0.1, 0.15) is 18.4 Å². The van der Waals surface area contributed by atoms with Crippen molar-refractivity contribution in [1.82, 2.24) is 10.1 Å². The van der Waals surface area contributed by atoms with Gasteiger partial charge in [-0.2, -0.15) is 4.98 Å². The van der Waals surface area contributed by atoms with Crippen molar-refractivity contribution in [3.8, 4) is 11.4 Å². The zero-order valence-corrected chi connectivity index (χ0v) is 9.83. The van der Waals surface area contributed by atoms with Crippen LogP contribution in [-0.2, 0) is 13.0 Å². The topological polar surface area (TPSA) is 64.9 Å². The summed E-state index contributed by atoms with van der Waals surface area (Å²) in [6, 6.07) is 8.11. The van der Waals surface area contributed by atoms with Gasteiger partial charge in [0.1, 0.15) is 0 Å². The van der Waals surface area contributed by atoms with Gasteiger partial charge >= 0.3 is 0 Å². The van der Waals surface area contributed by atoms with E-state index in [1.165, 1.54) is 5.56 Å². The molecule has 4 nitrogen and oxygen atoms in total. The largest absolute Gasteiger partial charge is 0.338 e. The molecule has 2 N–H and O–H groups in total. The third kappa shape index (κ3) is 2.59. The van der Waals surface area contributed by atoms with Gasteiger partial charge in [-0.15, -0.1) is 12.4 Å². The molecule has 2 rings (SSSR count). The van der Waals surface area contributed by atoms with E-state index in [-0.39, 0.29) is 19.0 Å². The van der Waals surface area contributed by atoms with Crippen molar-refractivity contribution >= 4 is 12.4 Å². The van der Waals surface area contributed by atoms with Crippen molar-refractivity contribution in [1.29, 1.82) is 0 Å². The van der Waals surface area contributed by atoms with Gasteiger partial charge in [-0.1, -0.05) is 36.3 Å². The molecule has 0 unspecified atom stereocenters. The van der Waals surface area contributed by atoms with E-state index >= 15 is 0 Å². The molecule has 86 valence electrons. The maximum atomic E-state index is 5.39. The van der Waals surface area contributed by atoms with Crippen LogP contribution in [0.25, 0.3) is 11.4 Å².